The molecule has 0 amide bonds. The van der Waals surface area contributed by atoms with Gasteiger partial charge < -0.3 is 16.5 Å². The molecule has 18 heavy (non-hydrogen) atoms. The van der Waals surface area contributed by atoms with Gasteiger partial charge in [0.05, 0.1) is 11.0 Å². The van der Waals surface area contributed by atoms with E-state index in [2.05, 4.69) is 35.9 Å². The first kappa shape index (κ1) is 13.1. The van der Waals surface area contributed by atoms with Gasteiger partial charge in [-0.2, -0.15) is 0 Å². The number of fused-ring (bicyclic) bond motifs is 1. The van der Waals surface area contributed by atoms with Crippen LogP contribution in [0.1, 0.15) is 31.3 Å². The summed E-state index contributed by atoms with van der Waals surface area (Å²) in [6.45, 7) is 6.89. The number of benzene rings is 1. The number of H-pyrrole nitrogens is 1. The van der Waals surface area contributed by atoms with Crippen LogP contribution in [-0.2, 0) is 0 Å². The Hall–Kier alpha value is -1.39. The lowest BCUT2D eigenvalue weighted by Gasteiger charge is -2.26. The molecule has 0 aliphatic rings. The zero-order valence-corrected chi connectivity index (χ0v) is 11.3. The second kappa shape index (κ2) is 5.08. The Morgan fingerprint density at radius 3 is 2.67 bits per heavy atom. The number of aryl methyl sites for hydroxylation is 1. The number of nitrogens with zero attached hydrogens (tertiary/aromatic N) is 1. The SMILES string of the molecule is Cc1nc2ccc(C(N)C(CN)C(C)C)cc2[nH]1. The molecule has 1 heterocycles. The Morgan fingerprint density at radius 2 is 2.06 bits per heavy atom. The van der Waals surface area contributed by atoms with Gasteiger partial charge in [-0.05, 0) is 43.0 Å². The first-order chi connectivity index (χ1) is 8.52. The summed E-state index contributed by atoms with van der Waals surface area (Å²) >= 11 is 0. The minimum absolute atomic E-state index is 0.0250. The highest BCUT2D eigenvalue weighted by Crippen LogP contribution is 2.27. The van der Waals surface area contributed by atoms with Gasteiger partial charge in [-0.15, -0.1) is 0 Å². The van der Waals surface area contributed by atoms with Crippen molar-refractivity contribution in [3.8, 4) is 0 Å². The second-order valence-corrected chi connectivity index (χ2v) is 5.27. The minimum Gasteiger partial charge on any atom is -0.342 e. The molecule has 98 valence electrons. The largest absolute Gasteiger partial charge is 0.342 e. The topological polar surface area (TPSA) is 80.7 Å². The summed E-state index contributed by atoms with van der Waals surface area (Å²) in [6.07, 6.45) is 0. The summed E-state index contributed by atoms with van der Waals surface area (Å²) in [5, 5.41) is 0. The van der Waals surface area contributed by atoms with E-state index >= 15 is 0 Å². The third-order valence-corrected chi connectivity index (χ3v) is 3.60. The molecule has 0 saturated carbocycles. The van der Waals surface area contributed by atoms with Crippen LogP contribution in [0.2, 0.25) is 0 Å². The summed E-state index contributed by atoms with van der Waals surface area (Å²) in [7, 11) is 0. The van der Waals surface area contributed by atoms with Gasteiger partial charge in [-0.3, -0.25) is 0 Å². The molecule has 2 unspecified atom stereocenters. The van der Waals surface area contributed by atoms with Crippen molar-refractivity contribution in [3.63, 3.8) is 0 Å². The molecular formula is C14H22N4. The molecule has 5 N–H and O–H groups in total. The van der Waals surface area contributed by atoms with Gasteiger partial charge in [-0.1, -0.05) is 19.9 Å². The normalized spacial score (nSPS) is 15.2. The maximum absolute atomic E-state index is 6.33. The van der Waals surface area contributed by atoms with Crippen molar-refractivity contribution < 1.29 is 0 Å². The van der Waals surface area contributed by atoms with Crippen molar-refractivity contribution in [3.05, 3.63) is 29.6 Å². The molecule has 2 rings (SSSR count). The highest BCUT2D eigenvalue weighted by atomic mass is 14.9. The number of nitrogens with two attached hydrogens (primary N) is 2. The molecule has 2 atom stereocenters. The zero-order valence-electron chi connectivity index (χ0n) is 11.3. The number of imidazole rings is 1. The Bertz CT molecular complexity index is 530. The van der Waals surface area contributed by atoms with Crippen LogP contribution in [0.25, 0.3) is 11.0 Å². The fraction of sp³-hybridized carbons (Fsp3) is 0.500. The van der Waals surface area contributed by atoms with Gasteiger partial charge in [0, 0.05) is 6.04 Å². The summed E-state index contributed by atoms with van der Waals surface area (Å²) < 4.78 is 0. The van der Waals surface area contributed by atoms with Crippen molar-refractivity contribution >= 4 is 11.0 Å². The maximum Gasteiger partial charge on any atom is 0.104 e. The fourth-order valence-electron chi connectivity index (χ4n) is 2.44. The lowest BCUT2D eigenvalue weighted by atomic mass is 9.85. The first-order valence-electron chi connectivity index (χ1n) is 6.45. The van der Waals surface area contributed by atoms with Crippen molar-refractivity contribution in [1.29, 1.82) is 0 Å². The average Bonchev–Trinajstić information content (AvgIpc) is 2.68. The number of hydrogen-bond acceptors (Lipinski definition) is 3. The van der Waals surface area contributed by atoms with E-state index in [1.807, 2.05) is 13.0 Å². The van der Waals surface area contributed by atoms with E-state index < -0.39 is 0 Å². The molecule has 2 aromatic rings. The molecule has 4 nitrogen and oxygen atoms in total. The van der Waals surface area contributed by atoms with E-state index in [9.17, 15) is 0 Å². The van der Waals surface area contributed by atoms with Crippen LogP contribution >= 0.6 is 0 Å². The van der Waals surface area contributed by atoms with E-state index in [1.165, 1.54) is 0 Å². The highest BCUT2D eigenvalue weighted by Gasteiger charge is 2.21. The molecule has 0 saturated heterocycles. The maximum atomic E-state index is 6.33. The van der Waals surface area contributed by atoms with Crippen LogP contribution in [0.5, 0.6) is 0 Å². The van der Waals surface area contributed by atoms with Gasteiger partial charge in [-0.25, -0.2) is 4.98 Å². The molecule has 4 heteroatoms. The quantitative estimate of drug-likeness (QED) is 0.772. The predicted octanol–water partition coefficient (Wildman–Crippen LogP) is 2.10. The minimum atomic E-state index is -0.0250. The molecule has 1 aromatic heterocycles. The summed E-state index contributed by atoms with van der Waals surface area (Å²) in [5.41, 5.74) is 15.3. The van der Waals surface area contributed by atoms with E-state index in [-0.39, 0.29) is 6.04 Å². The van der Waals surface area contributed by atoms with Gasteiger partial charge in [0.1, 0.15) is 5.82 Å². The van der Waals surface area contributed by atoms with Crippen LogP contribution in [0.4, 0.5) is 0 Å². The van der Waals surface area contributed by atoms with Gasteiger partial charge >= 0.3 is 0 Å². The Kier molecular flexibility index (Phi) is 3.68. The molecule has 0 aliphatic carbocycles. The van der Waals surface area contributed by atoms with Gasteiger partial charge in [0.2, 0.25) is 0 Å². The Morgan fingerprint density at radius 1 is 1.33 bits per heavy atom. The smallest absolute Gasteiger partial charge is 0.104 e. The predicted molar refractivity (Wildman–Crippen MR) is 75.1 cm³/mol. The number of aromatic nitrogens is 2. The van der Waals surface area contributed by atoms with Gasteiger partial charge in [0.15, 0.2) is 0 Å². The third-order valence-electron chi connectivity index (χ3n) is 3.60. The van der Waals surface area contributed by atoms with Crippen LogP contribution in [-0.4, -0.2) is 16.5 Å². The van der Waals surface area contributed by atoms with Crippen molar-refractivity contribution in [2.45, 2.75) is 26.8 Å². The Labute approximate surface area is 108 Å². The lowest BCUT2D eigenvalue weighted by molar-refractivity contribution is 0.331. The Balaban J connectivity index is 2.34. The van der Waals surface area contributed by atoms with Crippen molar-refractivity contribution in [1.82, 2.24) is 9.97 Å². The van der Waals surface area contributed by atoms with Crippen molar-refractivity contribution in [2.75, 3.05) is 6.54 Å². The van der Waals surface area contributed by atoms with Crippen LogP contribution in [0, 0.1) is 18.8 Å². The van der Waals surface area contributed by atoms with E-state index in [0.29, 0.717) is 18.4 Å². The molecular weight excluding hydrogens is 224 g/mol. The van der Waals surface area contributed by atoms with Crippen LogP contribution < -0.4 is 11.5 Å². The number of rotatable bonds is 4. The molecule has 0 fully saturated rings. The summed E-state index contributed by atoms with van der Waals surface area (Å²) in [4.78, 5) is 7.63. The summed E-state index contributed by atoms with van der Waals surface area (Å²) in [5.74, 6) is 1.70. The zero-order chi connectivity index (χ0) is 13.3. The molecule has 0 aliphatic heterocycles. The number of hydrogen-bond donors (Lipinski definition) is 3. The first-order valence-corrected chi connectivity index (χ1v) is 6.45. The monoisotopic (exact) mass is 246 g/mol. The standard InChI is InChI=1S/C14H22N4/c1-8(2)11(7-15)14(16)10-4-5-12-13(6-10)18-9(3)17-12/h4-6,8,11,14H,7,15-16H2,1-3H3,(H,17,18). The van der Waals surface area contributed by atoms with Crippen molar-refractivity contribution in [2.24, 2.45) is 23.3 Å². The third kappa shape index (κ3) is 2.40. The highest BCUT2D eigenvalue weighted by molar-refractivity contribution is 5.76. The van der Waals surface area contributed by atoms with Crippen LogP contribution in [0.15, 0.2) is 18.2 Å². The molecule has 0 spiro atoms. The van der Waals surface area contributed by atoms with E-state index in [4.69, 9.17) is 11.5 Å². The average molecular weight is 246 g/mol. The lowest BCUT2D eigenvalue weighted by Crippen LogP contribution is -2.31. The number of nitrogens with one attached hydrogen (secondary N) is 1. The molecule has 0 bridgehead atoms. The fourth-order valence-corrected chi connectivity index (χ4v) is 2.44. The number of aromatic amines is 1. The van der Waals surface area contributed by atoms with E-state index in [1.54, 1.807) is 0 Å². The second-order valence-electron chi connectivity index (χ2n) is 5.27. The molecule has 1 aromatic carbocycles. The van der Waals surface area contributed by atoms with E-state index in [0.717, 1.165) is 22.4 Å². The van der Waals surface area contributed by atoms with Crippen LogP contribution in [0.3, 0.4) is 0 Å². The van der Waals surface area contributed by atoms with Gasteiger partial charge in [0.25, 0.3) is 0 Å². The summed E-state index contributed by atoms with van der Waals surface area (Å²) in [6, 6.07) is 6.13. The molecule has 0 radical (unpaired) electrons.